The van der Waals surface area contributed by atoms with Crippen molar-refractivity contribution < 1.29 is 18.7 Å². The molecule has 1 saturated heterocycles. The molecule has 4 saturated carbocycles. The quantitative estimate of drug-likeness (QED) is 0.433. The first-order valence-electron chi connectivity index (χ1n) is 15.0. The second-order valence-electron chi connectivity index (χ2n) is 12.5. The van der Waals surface area contributed by atoms with Crippen LogP contribution in [-0.4, -0.2) is 79.0 Å². The third-order valence-corrected chi connectivity index (χ3v) is 9.69. The van der Waals surface area contributed by atoms with Gasteiger partial charge in [-0.3, -0.25) is 14.5 Å². The lowest BCUT2D eigenvalue weighted by Crippen LogP contribution is -2.57. The molecule has 1 aromatic carbocycles. The molecule has 210 valence electrons. The molecule has 0 spiro atoms. The van der Waals surface area contributed by atoms with Gasteiger partial charge in [-0.15, -0.1) is 0 Å². The summed E-state index contributed by atoms with van der Waals surface area (Å²) >= 11 is 0. The Morgan fingerprint density at radius 1 is 0.872 bits per heavy atom. The van der Waals surface area contributed by atoms with Crippen molar-refractivity contribution in [3.8, 4) is 0 Å². The number of amides is 2. The number of hydrogen-bond donors (Lipinski definition) is 0. The molecule has 0 radical (unpaired) electrons. The summed E-state index contributed by atoms with van der Waals surface area (Å²) in [5.41, 5.74) is 0.944. The molecule has 1 aliphatic heterocycles. The summed E-state index contributed by atoms with van der Waals surface area (Å²) in [7, 11) is 0. The number of furan rings is 1. The van der Waals surface area contributed by atoms with Crippen LogP contribution in [0.2, 0.25) is 0 Å². The Kier molecular flexibility index (Phi) is 8.07. The van der Waals surface area contributed by atoms with Crippen molar-refractivity contribution in [1.82, 2.24) is 14.7 Å². The highest BCUT2D eigenvalue weighted by Gasteiger charge is 2.55. The Hall–Kier alpha value is -2.64. The van der Waals surface area contributed by atoms with Crippen molar-refractivity contribution >= 4 is 11.8 Å². The first kappa shape index (κ1) is 26.6. The fraction of sp³-hybridized carbons (Fsp3) is 0.625. The molecule has 2 heterocycles. The van der Waals surface area contributed by atoms with Crippen LogP contribution < -0.4 is 0 Å². The number of morpholine rings is 1. The average Bonchev–Trinajstić information content (AvgIpc) is 3.46. The molecule has 39 heavy (non-hydrogen) atoms. The van der Waals surface area contributed by atoms with Crippen LogP contribution in [0.3, 0.4) is 0 Å². The predicted octanol–water partition coefficient (Wildman–Crippen LogP) is 4.23. The maximum atomic E-state index is 14.4. The van der Waals surface area contributed by atoms with Crippen molar-refractivity contribution in [3.05, 3.63) is 60.1 Å². The highest BCUT2D eigenvalue weighted by atomic mass is 16.5. The molecular formula is C32H43N3O4. The lowest BCUT2D eigenvalue weighted by atomic mass is 9.49. The Balaban J connectivity index is 1.19. The van der Waals surface area contributed by atoms with E-state index in [0.29, 0.717) is 37.4 Å². The fourth-order valence-electron chi connectivity index (χ4n) is 8.10. The first-order chi connectivity index (χ1) is 19.1. The Morgan fingerprint density at radius 3 is 2.21 bits per heavy atom. The summed E-state index contributed by atoms with van der Waals surface area (Å²) < 4.78 is 11.2. The van der Waals surface area contributed by atoms with Crippen LogP contribution in [0.5, 0.6) is 0 Å². The molecule has 5 fully saturated rings. The SMILES string of the molecule is O=C(CN(CCN1CCOCC1)C(=O)C12CC3CC(CC(C3)C1)C2)N(CCc1ccccc1)Cc1ccco1. The van der Waals surface area contributed by atoms with Gasteiger partial charge in [0.15, 0.2) is 0 Å². The minimum atomic E-state index is -0.254. The number of nitrogens with zero attached hydrogens (tertiary/aromatic N) is 3. The van der Waals surface area contributed by atoms with Crippen LogP contribution in [0.1, 0.15) is 49.8 Å². The van der Waals surface area contributed by atoms with E-state index in [0.717, 1.165) is 64.3 Å². The van der Waals surface area contributed by atoms with E-state index in [1.807, 2.05) is 40.1 Å². The van der Waals surface area contributed by atoms with Crippen molar-refractivity contribution in [2.75, 3.05) is 52.5 Å². The van der Waals surface area contributed by atoms with Gasteiger partial charge in [-0.2, -0.15) is 0 Å². The van der Waals surface area contributed by atoms with E-state index in [-0.39, 0.29) is 23.8 Å². The van der Waals surface area contributed by atoms with E-state index < -0.39 is 0 Å². The zero-order valence-electron chi connectivity index (χ0n) is 23.1. The molecule has 2 amide bonds. The van der Waals surface area contributed by atoms with Crippen molar-refractivity contribution in [3.63, 3.8) is 0 Å². The summed E-state index contributed by atoms with van der Waals surface area (Å²) in [4.78, 5) is 34.5. The van der Waals surface area contributed by atoms with Crippen LogP contribution in [0.4, 0.5) is 0 Å². The standard InChI is InChI=1S/C32H43N3O4/c36-30(34(23-29-7-4-14-39-29)9-8-25-5-2-1-3-6-25)24-35(11-10-33-12-15-38-16-13-33)31(37)32-20-26-17-27(21-32)19-28(18-26)22-32/h1-7,14,26-28H,8-13,15-24H2. The maximum absolute atomic E-state index is 14.4. The molecular weight excluding hydrogens is 490 g/mol. The van der Waals surface area contributed by atoms with Gasteiger partial charge in [-0.25, -0.2) is 0 Å². The number of benzene rings is 1. The fourth-order valence-corrected chi connectivity index (χ4v) is 8.10. The van der Waals surface area contributed by atoms with E-state index in [4.69, 9.17) is 9.15 Å². The number of ether oxygens (including phenoxy) is 1. The normalized spacial score (nSPS) is 27.9. The summed E-state index contributed by atoms with van der Waals surface area (Å²) in [6.45, 7) is 5.77. The van der Waals surface area contributed by atoms with Crippen molar-refractivity contribution in [2.45, 2.75) is 51.5 Å². The van der Waals surface area contributed by atoms with Crippen LogP contribution in [0.25, 0.3) is 0 Å². The molecule has 7 heteroatoms. The van der Waals surface area contributed by atoms with E-state index >= 15 is 0 Å². The van der Waals surface area contributed by atoms with Gasteiger partial charge in [-0.1, -0.05) is 30.3 Å². The van der Waals surface area contributed by atoms with Gasteiger partial charge in [0.1, 0.15) is 5.76 Å². The van der Waals surface area contributed by atoms with Gasteiger partial charge >= 0.3 is 0 Å². The summed E-state index contributed by atoms with van der Waals surface area (Å²) in [5.74, 6) is 3.09. The molecule has 0 N–H and O–H groups in total. The van der Waals surface area contributed by atoms with Crippen LogP contribution in [-0.2, 0) is 27.3 Å². The van der Waals surface area contributed by atoms with Crippen molar-refractivity contribution in [1.29, 1.82) is 0 Å². The predicted molar refractivity (Wildman–Crippen MR) is 149 cm³/mol. The Morgan fingerprint density at radius 2 is 1.56 bits per heavy atom. The third kappa shape index (κ3) is 6.25. The molecule has 7 rings (SSSR count). The topological polar surface area (TPSA) is 66.2 Å². The highest BCUT2D eigenvalue weighted by Crippen LogP contribution is 2.60. The largest absolute Gasteiger partial charge is 0.467 e. The maximum Gasteiger partial charge on any atom is 0.242 e. The third-order valence-electron chi connectivity index (χ3n) is 9.69. The minimum Gasteiger partial charge on any atom is -0.467 e. The van der Waals surface area contributed by atoms with E-state index in [1.165, 1.54) is 24.8 Å². The average molecular weight is 534 g/mol. The lowest BCUT2D eigenvalue weighted by Gasteiger charge is -2.56. The smallest absolute Gasteiger partial charge is 0.242 e. The number of carbonyl (C=O) groups excluding carboxylic acids is 2. The van der Waals surface area contributed by atoms with Gasteiger partial charge in [0.2, 0.25) is 11.8 Å². The van der Waals surface area contributed by atoms with Gasteiger partial charge in [-0.05, 0) is 80.4 Å². The molecule has 0 atom stereocenters. The van der Waals surface area contributed by atoms with Gasteiger partial charge in [0, 0.05) is 32.7 Å². The van der Waals surface area contributed by atoms with Crippen molar-refractivity contribution in [2.24, 2.45) is 23.2 Å². The molecule has 5 aliphatic rings. The second kappa shape index (κ2) is 11.8. The van der Waals surface area contributed by atoms with E-state index in [9.17, 15) is 9.59 Å². The monoisotopic (exact) mass is 533 g/mol. The van der Waals surface area contributed by atoms with Crippen LogP contribution in [0, 0.1) is 23.2 Å². The Bertz CT molecular complexity index is 1060. The number of hydrogen-bond acceptors (Lipinski definition) is 5. The van der Waals surface area contributed by atoms with Gasteiger partial charge < -0.3 is 19.0 Å². The molecule has 4 bridgehead atoms. The van der Waals surface area contributed by atoms with Crippen LogP contribution >= 0.6 is 0 Å². The summed E-state index contributed by atoms with van der Waals surface area (Å²) in [6, 6.07) is 14.1. The lowest BCUT2D eigenvalue weighted by molar-refractivity contribution is -0.160. The minimum absolute atomic E-state index is 0.00221. The molecule has 1 aromatic heterocycles. The summed E-state index contributed by atoms with van der Waals surface area (Å²) in [5, 5.41) is 0. The Labute approximate surface area is 232 Å². The zero-order chi connectivity index (χ0) is 26.7. The van der Waals surface area contributed by atoms with E-state index in [1.54, 1.807) is 6.26 Å². The van der Waals surface area contributed by atoms with Gasteiger partial charge in [0.25, 0.3) is 0 Å². The zero-order valence-corrected chi connectivity index (χ0v) is 23.1. The number of carbonyl (C=O) groups is 2. The molecule has 0 unspecified atom stereocenters. The number of rotatable bonds is 11. The van der Waals surface area contributed by atoms with Crippen LogP contribution in [0.15, 0.2) is 53.1 Å². The summed E-state index contributed by atoms with van der Waals surface area (Å²) in [6.07, 6.45) is 9.38. The molecule has 7 nitrogen and oxygen atoms in total. The molecule has 2 aromatic rings. The van der Waals surface area contributed by atoms with E-state index in [2.05, 4.69) is 17.0 Å². The second-order valence-corrected chi connectivity index (χ2v) is 12.5. The highest BCUT2D eigenvalue weighted by molar-refractivity contribution is 5.88. The first-order valence-corrected chi connectivity index (χ1v) is 15.0. The molecule has 4 aliphatic carbocycles. The van der Waals surface area contributed by atoms with Gasteiger partial charge in [0.05, 0.1) is 38.0 Å².